The number of halogens is 1. The first-order chi connectivity index (χ1) is 9.63. The smallest absolute Gasteiger partial charge is 0.407 e. The molecule has 1 atom stereocenters. The molecule has 0 aromatic heterocycles. The van der Waals surface area contributed by atoms with E-state index in [-0.39, 0.29) is 18.4 Å². The summed E-state index contributed by atoms with van der Waals surface area (Å²) in [4.78, 5) is 13.3. The molecule has 1 fully saturated rings. The van der Waals surface area contributed by atoms with Gasteiger partial charge in [0.1, 0.15) is 5.82 Å². The zero-order chi connectivity index (χ0) is 14.5. The van der Waals surface area contributed by atoms with Crippen LogP contribution in [0.1, 0.15) is 17.5 Å². The Bertz CT molecular complexity index is 481. The molecule has 1 amide bonds. The zero-order valence-corrected chi connectivity index (χ0v) is 11.6. The van der Waals surface area contributed by atoms with E-state index in [0.717, 1.165) is 13.0 Å². The monoisotopic (exact) mass is 281 g/mol. The van der Waals surface area contributed by atoms with Crippen LogP contribution in [0.5, 0.6) is 0 Å². The van der Waals surface area contributed by atoms with E-state index in [9.17, 15) is 9.18 Å². The SMILES string of the molecule is COC(=O)NC1CCN(Cc2cccc(CN)c2F)C1. The molecule has 0 radical (unpaired) electrons. The van der Waals surface area contributed by atoms with Crippen LogP contribution >= 0.6 is 0 Å². The second-order valence-corrected chi connectivity index (χ2v) is 4.95. The molecule has 1 aromatic carbocycles. The molecule has 1 aliphatic heterocycles. The molecule has 0 aliphatic carbocycles. The van der Waals surface area contributed by atoms with E-state index < -0.39 is 6.09 Å². The van der Waals surface area contributed by atoms with Gasteiger partial charge in [-0.15, -0.1) is 0 Å². The highest BCUT2D eigenvalue weighted by molar-refractivity contribution is 5.67. The second kappa shape index (κ2) is 6.67. The van der Waals surface area contributed by atoms with E-state index in [1.165, 1.54) is 7.11 Å². The van der Waals surface area contributed by atoms with Crippen molar-refractivity contribution in [1.82, 2.24) is 10.2 Å². The number of carbonyl (C=O) groups excluding carboxylic acids is 1. The number of nitrogens with one attached hydrogen (secondary N) is 1. The molecule has 1 aliphatic rings. The van der Waals surface area contributed by atoms with Crippen molar-refractivity contribution in [3.8, 4) is 0 Å². The van der Waals surface area contributed by atoms with E-state index in [1.807, 2.05) is 6.07 Å². The highest BCUT2D eigenvalue weighted by Gasteiger charge is 2.24. The van der Waals surface area contributed by atoms with E-state index in [4.69, 9.17) is 5.73 Å². The third kappa shape index (κ3) is 3.46. The summed E-state index contributed by atoms with van der Waals surface area (Å²) in [7, 11) is 1.34. The summed E-state index contributed by atoms with van der Waals surface area (Å²) < 4.78 is 18.7. The summed E-state index contributed by atoms with van der Waals surface area (Å²) in [6, 6.07) is 5.35. The lowest BCUT2D eigenvalue weighted by Crippen LogP contribution is -2.36. The number of amides is 1. The fraction of sp³-hybridized carbons (Fsp3) is 0.500. The van der Waals surface area contributed by atoms with Gasteiger partial charge in [0, 0.05) is 43.3 Å². The van der Waals surface area contributed by atoms with Gasteiger partial charge in [0.15, 0.2) is 0 Å². The standard InChI is InChI=1S/C14H20FN3O2/c1-20-14(19)17-12-5-6-18(9-12)8-11-4-2-3-10(7-16)13(11)15/h2-4,12H,5-9,16H2,1H3,(H,17,19). The van der Waals surface area contributed by atoms with Crippen molar-refractivity contribution in [1.29, 1.82) is 0 Å². The van der Waals surface area contributed by atoms with Crippen LogP contribution in [0.15, 0.2) is 18.2 Å². The summed E-state index contributed by atoms with van der Waals surface area (Å²) >= 11 is 0. The van der Waals surface area contributed by atoms with Crippen molar-refractivity contribution in [2.24, 2.45) is 5.73 Å². The molecule has 3 N–H and O–H groups in total. The van der Waals surface area contributed by atoms with Gasteiger partial charge in [0.25, 0.3) is 0 Å². The minimum absolute atomic E-state index is 0.0585. The molecule has 0 spiro atoms. The Morgan fingerprint density at radius 1 is 1.55 bits per heavy atom. The summed E-state index contributed by atoms with van der Waals surface area (Å²) in [5.74, 6) is -0.223. The number of benzene rings is 1. The van der Waals surface area contributed by atoms with Crippen LogP contribution < -0.4 is 11.1 Å². The largest absolute Gasteiger partial charge is 0.453 e. The lowest BCUT2D eigenvalue weighted by atomic mass is 10.1. The topological polar surface area (TPSA) is 67.6 Å². The van der Waals surface area contributed by atoms with Crippen molar-refractivity contribution >= 4 is 6.09 Å². The number of hydrogen-bond acceptors (Lipinski definition) is 4. The fourth-order valence-corrected chi connectivity index (χ4v) is 2.47. The summed E-state index contributed by atoms with van der Waals surface area (Å²) in [5, 5.41) is 2.76. The maximum absolute atomic E-state index is 14.1. The molecule has 0 saturated carbocycles. The Morgan fingerprint density at radius 2 is 2.30 bits per heavy atom. The van der Waals surface area contributed by atoms with Crippen LogP contribution in [0.25, 0.3) is 0 Å². The van der Waals surface area contributed by atoms with Gasteiger partial charge < -0.3 is 15.8 Å². The molecule has 2 rings (SSSR count). The molecule has 20 heavy (non-hydrogen) atoms. The predicted molar refractivity (Wildman–Crippen MR) is 73.5 cm³/mol. The number of nitrogens with zero attached hydrogens (tertiary/aromatic N) is 1. The zero-order valence-electron chi connectivity index (χ0n) is 11.6. The summed E-state index contributed by atoms with van der Waals surface area (Å²) in [5.41, 5.74) is 6.68. The van der Waals surface area contributed by atoms with Crippen LogP contribution in [0.2, 0.25) is 0 Å². The lowest BCUT2D eigenvalue weighted by Gasteiger charge is -2.17. The van der Waals surface area contributed by atoms with Crippen molar-refractivity contribution < 1.29 is 13.9 Å². The highest BCUT2D eigenvalue weighted by Crippen LogP contribution is 2.18. The molecule has 1 aromatic rings. The van der Waals surface area contributed by atoms with E-state index >= 15 is 0 Å². The number of hydrogen-bond donors (Lipinski definition) is 2. The Hall–Kier alpha value is -1.66. The quantitative estimate of drug-likeness (QED) is 0.870. The molecule has 1 saturated heterocycles. The molecule has 0 bridgehead atoms. The van der Waals surface area contributed by atoms with Gasteiger partial charge in [-0.25, -0.2) is 9.18 Å². The Kier molecular flexibility index (Phi) is 4.92. The van der Waals surface area contributed by atoms with Crippen molar-refractivity contribution in [2.45, 2.75) is 25.6 Å². The molecule has 1 unspecified atom stereocenters. The lowest BCUT2D eigenvalue weighted by molar-refractivity contribution is 0.166. The first-order valence-corrected chi connectivity index (χ1v) is 6.67. The van der Waals surface area contributed by atoms with Gasteiger partial charge in [-0.05, 0) is 6.42 Å². The molecular weight excluding hydrogens is 261 g/mol. The van der Waals surface area contributed by atoms with Gasteiger partial charge in [0.2, 0.25) is 0 Å². The first-order valence-electron chi connectivity index (χ1n) is 6.67. The molecule has 1 heterocycles. The number of nitrogens with two attached hydrogens (primary N) is 1. The fourth-order valence-electron chi connectivity index (χ4n) is 2.47. The van der Waals surface area contributed by atoms with Gasteiger partial charge >= 0.3 is 6.09 Å². The Morgan fingerprint density at radius 3 is 3.00 bits per heavy atom. The number of methoxy groups -OCH3 is 1. The van der Waals surface area contributed by atoms with Crippen LogP contribution in [-0.4, -0.2) is 37.2 Å². The van der Waals surface area contributed by atoms with Gasteiger partial charge in [-0.3, -0.25) is 4.90 Å². The Labute approximate surface area is 117 Å². The van der Waals surface area contributed by atoms with Crippen LogP contribution in [0, 0.1) is 5.82 Å². The van der Waals surface area contributed by atoms with Crippen molar-refractivity contribution in [3.05, 3.63) is 35.1 Å². The van der Waals surface area contributed by atoms with Crippen molar-refractivity contribution in [2.75, 3.05) is 20.2 Å². The maximum Gasteiger partial charge on any atom is 0.407 e. The molecule has 110 valence electrons. The third-order valence-electron chi connectivity index (χ3n) is 3.55. The summed E-state index contributed by atoms with van der Waals surface area (Å²) in [6.45, 7) is 2.24. The van der Waals surface area contributed by atoms with Crippen molar-refractivity contribution in [3.63, 3.8) is 0 Å². The van der Waals surface area contributed by atoms with Gasteiger partial charge in [-0.2, -0.15) is 0 Å². The predicted octanol–water partition coefficient (Wildman–Crippen LogP) is 1.21. The van der Waals surface area contributed by atoms with E-state index in [1.54, 1.807) is 12.1 Å². The normalized spacial score (nSPS) is 19.1. The minimum Gasteiger partial charge on any atom is -0.453 e. The number of rotatable bonds is 4. The van der Waals surface area contributed by atoms with Crippen LogP contribution in [-0.2, 0) is 17.8 Å². The first kappa shape index (κ1) is 14.7. The number of carbonyl (C=O) groups is 1. The Balaban J connectivity index is 1.94. The van der Waals surface area contributed by atoms with Gasteiger partial charge in [0.05, 0.1) is 7.11 Å². The van der Waals surface area contributed by atoms with Crippen LogP contribution in [0.4, 0.5) is 9.18 Å². The third-order valence-corrected chi connectivity index (χ3v) is 3.55. The maximum atomic E-state index is 14.1. The van der Waals surface area contributed by atoms with E-state index in [2.05, 4.69) is 15.0 Å². The van der Waals surface area contributed by atoms with Crippen LogP contribution in [0.3, 0.4) is 0 Å². The van der Waals surface area contributed by atoms with Gasteiger partial charge in [-0.1, -0.05) is 18.2 Å². The van der Waals surface area contributed by atoms with E-state index in [0.29, 0.717) is 24.2 Å². The number of alkyl carbamates (subject to hydrolysis) is 1. The summed E-state index contributed by atoms with van der Waals surface area (Å²) in [6.07, 6.45) is 0.418. The average molecular weight is 281 g/mol. The highest BCUT2D eigenvalue weighted by atomic mass is 19.1. The minimum atomic E-state index is -0.423. The number of likely N-dealkylation sites (tertiary alicyclic amines) is 1. The molecular formula is C14H20FN3O2. The average Bonchev–Trinajstić information content (AvgIpc) is 2.88. The molecule has 6 heteroatoms. The molecule has 5 nitrogen and oxygen atoms in total. The second-order valence-electron chi connectivity index (χ2n) is 4.95. The number of ether oxygens (including phenoxy) is 1.